The predicted octanol–water partition coefficient (Wildman–Crippen LogP) is -6.25. The number of hydrogen-bond donors (Lipinski definition) is 0. The van der Waals surface area contributed by atoms with Gasteiger partial charge in [0.05, 0.1) is 0 Å². The molecule has 0 bridgehead atoms. The Morgan fingerprint density at radius 3 is 1.91 bits per heavy atom. The molecule has 1 nitrogen and oxygen atoms in total. The zero-order valence-electron chi connectivity index (χ0n) is 6.61. The Kier molecular flexibility index (Phi) is 78.8. The third-order valence-electron chi connectivity index (χ3n) is 0.748. The van der Waals surface area contributed by atoms with E-state index < -0.39 is 0 Å². The number of hydrogen-bond acceptors (Lipinski definition) is 1. The van der Waals surface area contributed by atoms with Crippen molar-refractivity contribution in [2.75, 3.05) is 6.61 Å². The van der Waals surface area contributed by atoms with E-state index in [1.54, 1.807) is 0 Å². The van der Waals surface area contributed by atoms with E-state index in [9.17, 15) is 5.11 Å². The predicted molar refractivity (Wildman–Crippen MR) is 39.1 cm³/mol. The molecule has 0 fully saturated rings. The van der Waals surface area contributed by atoms with Crippen LogP contribution in [0.25, 0.3) is 0 Å². The van der Waals surface area contributed by atoms with E-state index in [-0.39, 0.29) is 82.1 Å². The van der Waals surface area contributed by atoms with Crippen molar-refractivity contribution in [2.24, 2.45) is 0 Å². The van der Waals surface area contributed by atoms with Crippen molar-refractivity contribution in [2.45, 2.75) is 19.3 Å². The summed E-state index contributed by atoms with van der Waals surface area (Å²) in [5, 5.41) is 9.76. The molecule has 0 heterocycles. The molecule has 0 aliphatic rings. The third-order valence-corrected chi connectivity index (χ3v) is 0.748. The van der Waals surface area contributed by atoms with Crippen LogP contribution < -0.4 is 34.5 Å². The third kappa shape index (κ3) is 33.3. The summed E-state index contributed by atoms with van der Waals surface area (Å²) in [6.07, 6.45) is 5.29. The van der Waals surface area contributed by atoms with Crippen LogP contribution in [0.15, 0.2) is 6.58 Å². The van der Waals surface area contributed by atoms with Crippen molar-refractivity contribution < 1.29 is 34.5 Å². The summed E-state index contributed by atoms with van der Waals surface area (Å²) in [7, 11) is 0. The van der Waals surface area contributed by atoms with E-state index in [4.69, 9.17) is 0 Å². The molecular weight excluding hydrogens is 252 g/mol. The van der Waals surface area contributed by atoms with E-state index in [0.29, 0.717) is 0 Å². The van der Waals surface area contributed by atoms with Gasteiger partial charge in [-0.1, -0.05) is 12.8 Å². The molecule has 5 heteroatoms. The maximum absolute atomic E-state index is 9.76. The second-order valence-corrected chi connectivity index (χ2v) is 1.41. The second-order valence-electron chi connectivity index (χ2n) is 1.41. The number of allylic oxidation sites excluding steroid dienone is 1. The molecule has 0 amide bonds. The van der Waals surface area contributed by atoms with Gasteiger partial charge in [0.2, 0.25) is 0 Å². The molecule has 0 aromatic heterocycles. The molecule has 0 atom stereocenters. The fraction of sp³-hybridized carbons (Fsp3) is 0.667. The van der Waals surface area contributed by atoms with Crippen LogP contribution in [0.5, 0.6) is 0 Å². The summed E-state index contributed by atoms with van der Waals surface area (Å²) in [5.74, 6) is 0. The van der Waals surface area contributed by atoms with Gasteiger partial charge in [-0.2, -0.15) is 6.42 Å². The van der Waals surface area contributed by atoms with Gasteiger partial charge in [0, 0.05) is 0 Å². The van der Waals surface area contributed by atoms with Crippen molar-refractivity contribution in [3.63, 3.8) is 0 Å². The van der Waals surface area contributed by atoms with Crippen LogP contribution in [0.3, 0.4) is 0 Å². The van der Waals surface area contributed by atoms with E-state index in [1.165, 1.54) is 0 Å². The Morgan fingerprint density at radius 2 is 1.64 bits per heavy atom. The maximum Gasteiger partial charge on any atom is 2.00 e. The molecule has 0 radical (unpaired) electrons. The normalized spacial score (nSPS) is 5.55. The molecule has 0 unspecified atom stereocenters. The Labute approximate surface area is 118 Å². The van der Waals surface area contributed by atoms with Crippen molar-refractivity contribution >= 4 is 46.1 Å². The van der Waals surface area contributed by atoms with Crippen LogP contribution in [0, 0.1) is 6.08 Å². The smallest absolute Gasteiger partial charge is 1.00 e. The summed E-state index contributed by atoms with van der Waals surface area (Å²) < 4.78 is 0. The van der Waals surface area contributed by atoms with Gasteiger partial charge in [-0.3, -0.25) is 6.58 Å². The minimum Gasteiger partial charge on any atom is -1.00 e. The van der Waals surface area contributed by atoms with Crippen LogP contribution in [0.4, 0.5) is 0 Å². The first-order chi connectivity index (χ1) is 3.41. The molecule has 0 aliphatic carbocycles. The molecule has 0 aromatic rings. The average molecular weight is 262 g/mol. The topological polar surface area (TPSA) is 23.1 Å². The largest absolute Gasteiger partial charge is 2.00 e. The standard InChI is InChI=1S/C6H10O.BrH.ClH.2Mg/c1-2-3-4-5-6-7;;;;/h1,3-6H2;2*1H;;/q-2;;;2*+2/p-2. The molecule has 0 aliphatic heterocycles. The van der Waals surface area contributed by atoms with E-state index in [0.717, 1.165) is 19.3 Å². The molecular formula is C6H10BrClMg2O. The number of unbranched alkanes of at least 4 members (excludes halogenated alkanes) is 2. The SMILES string of the molecule is C=[C-]CCCC[O-].[Br-].[Cl-].[Mg+2].[Mg+2]. The maximum atomic E-state index is 9.76. The quantitative estimate of drug-likeness (QED) is 0.281. The molecule has 0 N–H and O–H groups in total. The van der Waals surface area contributed by atoms with Gasteiger partial charge in [0.1, 0.15) is 0 Å². The van der Waals surface area contributed by atoms with E-state index in [1.807, 2.05) is 0 Å². The van der Waals surface area contributed by atoms with Crippen molar-refractivity contribution in [1.82, 2.24) is 0 Å². The van der Waals surface area contributed by atoms with Crippen molar-refractivity contribution in [3.8, 4) is 0 Å². The molecule has 0 spiro atoms. The molecule has 0 aromatic carbocycles. The van der Waals surface area contributed by atoms with Gasteiger partial charge in [-0.25, -0.2) is 0 Å². The Bertz CT molecular complexity index is 57.8. The summed E-state index contributed by atoms with van der Waals surface area (Å²) in [4.78, 5) is 0. The van der Waals surface area contributed by atoms with Gasteiger partial charge >= 0.3 is 46.1 Å². The van der Waals surface area contributed by atoms with Crippen LogP contribution in [0.2, 0.25) is 0 Å². The van der Waals surface area contributed by atoms with Gasteiger partial charge < -0.3 is 40.6 Å². The summed E-state index contributed by atoms with van der Waals surface area (Å²) >= 11 is 0. The van der Waals surface area contributed by atoms with Gasteiger partial charge in [0.15, 0.2) is 0 Å². The first kappa shape index (κ1) is 29.2. The Hall–Kier alpha value is 2.00. The van der Waals surface area contributed by atoms with Crippen LogP contribution in [-0.4, -0.2) is 52.7 Å². The van der Waals surface area contributed by atoms with Crippen LogP contribution in [0.1, 0.15) is 19.3 Å². The van der Waals surface area contributed by atoms with E-state index in [2.05, 4.69) is 12.7 Å². The first-order valence-electron chi connectivity index (χ1n) is 2.50. The molecule has 0 saturated carbocycles. The van der Waals surface area contributed by atoms with Crippen molar-refractivity contribution in [1.29, 1.82) is 0 Å². The summed E-state index contributed by atoms with van der Waals surface area (Å²) in [5.41, 5.74) is 0. The van der Waals surface area contributed by atoms with Gasteiger partial charge in [-0.15, -0.1) is 6.61 Å². The minimum absolute atomic E-state index is 0. The fourth-order valence-electron chi connectivity index (χ4n) is 0.352. The molecule has 11 heavy (non-hydrogen) atoms. The number of rotatable bonds is 4. The molecule has 0 saturated heterocycles. The van der Waals surface area contributed by atoms with Crippen LogP contribution >= 0.6 is 0 Å². The van der Waals surface area contributed by atoms with E-state index >= 15 is 0 Å². The second kappa shape index (κ2) is 29.6. The van der Waals surface area contributed by atoms with Gasteiger partial charge in [-0.05, 0) is 0 Å². The van der Waals surface area contributed by atoms with Crippen LogP contribution in [-0.2, 0) is 0 Å². The Morgan fingerprint density at radius 1 is 1.18 bits per heavy atom. The van der Waals surface area contributed by atoms with Gasteiger partial charge in [0.25, 0.3) is 0 Å². The number of halogens is 2. The Balaban J connectivity index is -0.0000000300. The average Bonchev–Trinajstić information content (AvgIpc) is 1.69. The zero-order chi connectivity index (χ0) is 5.54. The summed E-state index contributed by atoms with van der Waals surface area (Å²) in [6, 6.07) is 0. The fourth-order valence-corrected chi connectivity index (χ4v) is 0.352. The minimum atomic E-state index is 0. The molecule has 58 valence electrons. The monoisotopic (exact) mass is 260 g/mol. The van der Waals surface area contributed by atoms with Crippen molar-refractivity contribution in [3.05, 3.63) is 12.7 Å². The first-order valence-corrected chi connectivity index (χ1v) is 2.50. The zero-order valence-corrected chi connectivity index (χ0v) is 11.8. The summed E-state index contributed by atoms with van der Waals surface area (Å²) in [6.45, 7) is 3.45. The molecule has 0 rings (SSSR count).